The van der Waals surface area contributed by atoms with Gasteiger partial charge in [-0.1, -0.05) is 13.3 Å². The smallest absolute Gasteiger partial charge is 0.0606 e. The summed E-state index contributed by atoms with van der Waals surface area (Å²) >= 11 is 0. The lowest BCUT2D eigenvalue weighted by molar-refractivity contribution is 0.301. The average molecular weight is 223 g/mol. The molecule has 0 amide bonds. The molecule has 0 saturated heterocycles. The van der Waals surface area contributed by atoms with E-state index in [4.69, 9.17) is 16.6 Å². The first-order valence-electron chi connectivity index (χ1n) is 5.69. The summed E-state index contributed by atoms with van der Waals surface area (Å²) in [4.78, 5) is 2.12. The lowest BCUT2D eigenvalue weighted by atomic mass is 10.2. The Bertz CT molecular complexity index is 328. The summed E-state index contributed by atoms with van der Waals surface area (Å²) in [6, 6.07) is 5.61. The molecule has 0 radical (unpaired) electrons. The van der Waals surface area contributed by atoms with Gasteiger partial charge >= 0.3 is 0 Å². The van der Waals surface area contributed by atoms with Gasteiger partial charge in [-0.3, -0.25) is 0 Å². The largest absolute Gasteiger partial charge is 0.397 e. The highest BCUT2D eigenvalue weighted by Crippen LogP contribution is 2.23. The van der Waals surface area contributed by atoms with Crippen LogP contribution in [0.2, 0.25) is 0 Å². The summed E-state index contributed by atoms with van der Waals surface area (Å²) < 4.78 is 0. The third-order valence-electron chi connectivity index (χ3n) is 2.59. The molecule has 0 saturated carbocycles. The molecule has 0 aliphatic rings. The van der Waals surface area contributed by atoms with Gasteiger partial charge in [0.1, 0.15) is 0 Å². The van der Waals surface area contributed by atoms with E-state index in [1.165, 1.54) is 0 Å². The maximum absolute atomic E-state index is 9.02. The van der Waals surface area contributed by atoms with Crippen molar-refractivity contribution in [3.05, 3.63) is 18.2 Å². The molecule has 1 aromatic carbocycles. The molecule has 4 heteroatoms. The first kappa shape index (κ1) is 12.6. The number of anilines is 3. The first-order valence-corrected chi connectivity index (χ1v) is 5.69. The van der Waals surface area contributed by atoms with Crippen LogP contribution in [0.4, 0.5) is 17.1 Å². The Hall–Kier alpha value is -1.42. The van der Waals surface area contributed by atoms with Gasteiger partial charge in [0.15, 0.2) is 0 Å². The molecule has 0 atom stereocenters. The van der Waals surface area contributed by atoms with E-state index in [-0.39, 0.29) is 6.61 Å². The van der Waals surface area contributed by atoms with Gasteiger partial charge in [-0.15, -0.1) is 0 Å². The van der Waals surface area contributed by atoms with E-state index in [1.807, 2.05) is 12.1 Å². The number of benzene rings is 1. The van der Waals surface area contributed by atoms with Gasteiger partial charge in [0.05, 0.1) is 18.0 Å². The molecule has 0 fully saturated rings. The minimum atomic E-state index is 0.147. The Balaban J connectivity index is 2.78. The maximum Gasteiger partial charge on any atom is 0.0606 e. The molecule has 0 aliphatic heterocycles. The molecular weight excluding hydrogens is 202 g/mol. The molecule has 0 bridgehead atoms. The van der Waals surface area contributed by atoms with Crippen molar-refractivity contribution < 1.29 is 5.11 Å². The number of hydrogen-bond acceptors (Lipinski definition) is 4. The van der Waals surface area contributed by atoms with Gasteiger partial charge in [-0.05, 0) is 24.6 Å². The van der Waals surface area contributed by atoms with Crippen LogP contribution < -0.4 is 16.4 Å². The minimum Gasteiger partial charge on any atom is -0.397 e. The molecule has 4 nitrogen and oxygen atoms in total. The molecule has 1 aromatic rings. The number of aliphatic hydroxyl groups excluding tert-OH is 1. The predicted octanol–water partition coefficient (Wildman–Crippen LogP) is 1.45. The van der Waals surface area contributed by atoms with Gasteiger partial charge in [-0.25, -0.2) is 0 Å². The summed E-state index contributed by atoms with van der Waals surface area (Å²) in [6.07, 6.45) is 2.23. The van der Waals surface area contributed by atoms with Gasteiger partial charge in [-0.2, -0.15) is 0 Å². The fourth-order valence-corrected chi connectivity index (χ4v) is 1.60. The number of aliphatic hydroxyl groups is 1. The summed E-state index contributed by atoms with van der Waals surface area (Å²) in [7, 11) is 0. The number of rotatable bonds is 6. The predicted molar refractivity (Wildman–Crippen MR) is 69.5 cm³/mol. The highest BCUT2D eigenvalue weighted by atomic mass is 16.3. The molecule has 0 aliphatic carbocycles. The van der Waals surface area contributed by atoms with Crippen molar-refractivity contribution in [3.63, 3.8) is 0 Å². The third kappa shape index (κ3) is 3.31. The molecule has 0 spiro atoms. The van der Waals surface area contributed by atoms with Gasteiger partial charge < -0.3 is 21.5 Å². The quantitative estimate of drug-likeness (QED) is 0.638. The number of unbranched alkanes of at least 4 members (excludes halogenated alkanes) is 1. The normalized spacial score (nSPS) is 10.4. The Morgan fingerprint density at radius 2 is 1.94 bits per heavy atom. The van der Waals surface area contributed by atoms with Crippen LogP contribution in [0.15, 0.2) is 18.2 Å². The molecule has 1 rings (SSSR count). The van der Waals surface area contributed by atoms with Crippen LogP contribution >= 0.6 is 0 Å². The van der Waals surface area contributed by atoms with Crippen molar-refractivity contribution in [2.75, 3.05) is 36.1 Å². The van der Waals surface area contributed by atoms with E-state index in [1.54, 1.807) is 6.07 Å². The highest BCUT2D eigenvalue weighted by molar-refractivity contribution is 5.69. The summed E-state index contributed by atoms with van der Waals surface area (Å²) in [5.74, 6) is 0. The molecule has 0 aromatic heterocycles. The van der Waals surface area contributed by atoms with Gasteiger partial charge in [0, 0.05) is 18.8 Å². The Morgan fingerprint density at radius 3 is 2.50 bits per heavy atom. The van der Waals surface area contributed by atoms with E-state index in [2.05, 4.69) is 11.8 Å². The van der Waals surface area contributed by atoms with Crippen LogP contribution in [0.5, 0.6) is 0 Å². The Morgan fingerprint density at radius 1 is 1.19 bits per heavy atom. The number of nitrogens with zero attached hydrogens (tertiary/aromatic N) is 1. The van der Waals surface area contributed by atoms with E-state index < -0.39 is 0 Å². The lowest BCUT2D eigenvalue weighted by Gasteiger charge is -2.24. The van der Waals surface area contributed by atoms with Crippen LogP contribution in [-0.2, 0) is 0 Å². The summed E-state index contributed by atoms with van der Waals surface area (Å²) in [5, 5.41) is 9.02. The second-order valence-corrected chi connectivity index (χ2v) is 3.88. The molecule has 0 unspecified atom stereocenters. The SMILES string of the molecule is CCCCN(CCO)c1ccc(N)c(N)c1. The molecule has 90 valence electrons. The van der Waals surface area contributed by atoms with Crippen molar-refractivity contribution >= 4 is 17.1 Å². The van der Waals surface area contributed by atoms with Crippen molar-refractivity contribution in [3.8, 4) is 0 Å². The topological polar surface area (TPSA) is 75.5 Å². The first-order chi connectivity index (χ1) is 7.69. The Kier molecular flexibility index (Phi) is 4.92. The fraction of sp³-hybridized carbons (Fsp3) is 0.500. The van der Waals surface area contributed by atoms with Crippen molar-refractivity contribution in [2.24, 2.45) is 0 Å². The molecule has 0 heterocycles. The fourth-order valence-electron chi connectivity index (χ4n) is 1.60. The number of nitrogens with two attached hydrogens (primary N) is 2. The van der Waals surface area contributed by atoms with E-state index in [9.17, 15) is 0 Å². The zero-order valence-electron chi connectivity index (χ0n) is 9.82. The highest BCUT2D eigenvalue weighted by Gasteiger charge is 2.06. The molecular formula is C12H21N3O. The maximum atomic E-state index is 9.02. The van der Waals surface area contributed by atoms with Crippen LogP contribution in [0.25, 0.3) is 0 Å². The van der Waals surface area contributed by atoms with Crippen LogP contribution in [0, 0.1) is 0 Å². The minimum absolute atomic E-state index is 0.147. The third-order valence-corrected chi connectivity index (χ3v) is 2.59. The zero-order chi connectivity index (χ0) is 12.0. The van der Waals surface area contributed by atoms with Crippen molar-refractivity contribution in [2.45, 2.75) is 19.8 Å². The summed E-state index contributed by atoms with van der Waals surface area (Å²) in [5.41, 5.74) is 13.7. The standard InChI is InChI=1S/C12H21N3O/c1-2-3-6-15(7-8-16)10-4-5-11(13)12(14)9-10/h4-5,9,16H,2-3,6-8,13-14H2,1H3. The molecule has 16 heavy (non-hydrogen) atoms. The molecule has 5 N–H and O–H groups in total. The average Bonchev–Trinajstić information content (AvgIpc) is 2.28. The second-order valence-electron chi connectivity index (χ2n) is 3.88. The van der Waals surface area contributed by atoms with Crippen molar-refractivity contribution in [1.29, 1.82) is 0 Å². The van der Waals surface area contributed by atoms with Crippen LogP contribution in [-0.4, -0.2) is 24.8 Å². The van der Waals surface area contributed by atoms with Gasteiger partial charge in [0.25, 0.3) is 0 Å². The Labute approximate surface area is 96.9 Å². The van der Waals surface area contributed by atoms with Crippen LogP contribution in [0.3, 0.4) is 0 Å². The van der Waals surface area contributed by atoms with E-state index in [0.717, 1.165) is 25.1 Å². The van der Waals surface area contributed by atoms with Crippen molar-refractivity contribution in [1.82, 2.24) is 0 Å². The zero-order valence-corrected chi connectivity index (χ0v) is 9.82. The lowest BCUT2D eigenvalue weighted by Crippen LogP contribution is -2.27. The van der Waals surface area contributed by atoms with Gasteiger partial charge in [0.2, 0.25) is 0 Å². The van der Waals surface area contributed by atoms with E-state index >= 15 is 0 Å². The van der Waals surface area contributed by atoms with Crippen LogP contribution in [0.1, 0.15) is 19.8 Å². The summed E-state index contributed by atoms with van der Waals surface area (Å²) in [6.45, 7) is 3.85. The second kappa shape index (κ2) is 6.23. The monoisotopic (exact) mass is 223 g/mol. The van der Waals surface area contributed by atoms with E-state index in [0.29, 0.717) is 17.9 Å². The number of nitrogen functional groups attached to an aromatic ring is 2. The number of hydrogen-bond donors (Lipinski definition) is 3.